The molecule has 0 spiro atoms. The number of piperidine rings is 3. The van der Waals surface area contributed by atoms with Gasteiger partial charge in [0.1, 0.15) is 47.0 Å². The summed E-state index contributed by atoms with van der Waals surface area (Å²) in [5.41, 5.74) is 5.94. The van der Waals surface area contributed by atoms with Gasteiger partial charge in [0.05, 0.1) is 75.3 Å². The predicted molar refractivity (Wildman–Crippen MR) is 595 cm³/mol. The van der Waals surface area contributed by atoms with Gasteiger partial charge in [0, 0.05) is 193 Å². The highest BCUT2D eigenvalue weighted by Gasteiger charge is 2.32. The van der Waals surface area contributed by atoms with Gasteiger partial charge in [-0.25, -0.2) is 26.4 Å². The Balaban J connectivity index is 0.000000318. The summed E-state index contributed by atoms with van der Waals surface area (Å²) in [4.78, 5) is 71.1. The van der Waals surface area contributed by atoms with Crippen LogP contribution in [0.15, 0.2) is 81.9 Å². The first-order chi connectivity index (χ1) is 71.6. The lowest BCUT2D eigenvalue weighted by Gasteiger charge is -2.39. The van der Waals surface area contributed by atoms with Crippen molar-refractivity contribution < 1.29 is 83.5 Å². The molecule has 146 heavy (non-hydrogen) atoms. The number of thioether (sulfide) groups is 2. The number of hydrogen-bond donors (Lipinski definition) is 15. The first-order valence-electron chi connectivity index (χ1n) is 55.7. The maximum absolute atomic E-state index is 10.8. The van der Waals surface area contributed by atoms with E-state index >= 15 is 0 Å². The third-order valence-electron chi connectivity index (χ3n) is 24.1. The van der Waals surface area contributed by atoms with Crippen molar-refractivity contribution in [1.82, 2.24) is 84.3 Å². The summed E-state index contributed by atoms with van der Waals surface area (Å²) in [7, 11) is -5.42. The van der Waals surface area contributed by atoms with Crippen molar-refractivity contribution in [3.63, 3.8) is 0 Å². The molecule has 0 aromatic heterocycles. The van der Waals surface area contributed by atoms with Gasteiger partial charge in [-0.2, -0.15) is 0 Å². The molecule has 28 rings (SSSR count). The van der Waals surface area contributed by atoms with E-state index in [1.165, 1.54) is 218 Å². The summed E-state index contributed by atoms with van der Waals surface area (Å²) >= 11 is 3.63. The fourth-order valence-corrected chi connectivity index (χ4v) is 19.3. The van der Waals surface area contributed by atoms with Crippen LogP contribution in [-0.4, -0.2) is 327 Å². The summed E-state index contributed by atoms with van der Waals surface area (Å²) in [5, 5.41) is 40.8. The smallest absolute Gasteiger partial charge is 0.407 e. The second-order valence-corrected chi connectivity index (χ2v) is 43.6. The van der Waals surface area contributed by atoms with Gasteiger partial charge < -0.3 is 102 Å². The van der Waals surface area contributed by atoms with Crippen molar-refractivity contribution >= 4 is 91.4 Å². The molecule has 17 saturated heterocycles. The monoisotopic (exact) mass is 2140 g/mol. The number of alkyl carbamates (subject to hydrolysis) is 1. The number of carbonyl (C=O) groups excluding carboxylic acids is 6. The molecule has 0 radical (unpaired) electrons. The number of carbonyl (C=O) groups is 6. The molecular formula is C106H194N18O18S4. The number of sulfonamides is 1. The minimum absolute atomic E-state index is 0.0463. The van der Waals surface area contributed by atoms with Gasteiger partial charge in [0.15, 0.2) is 17.9 Å². The lowest BCUT2D eigenvalue weighted by molar-refractivity contribution is -0.138. The molecule has 4 bridgehead atoms. The second kappa shape index (κ2) is 98.0. The molecule has 4 saturated carbocycles. The standard InChI is InChI=1S/C8H8O2.C6H12N2.C6H10O.C5H11NO2S.2C5H11N.C5H9N.3C5H8O.C4H7NO2.C4H9NO.C4H7NO.C4H5NS.C4H9N.C4H7N.C4H8O2S.C4H6O2.C4H8O.C3H6N2.C3H8N2.C3H5NO.C3H7NS.C3H6/c1-2-4-8-7(3-1)9-5-6-10-8;1-3-8-4-2-6(1)7-5-8;1-2-6-4-3-5(1)7-6;7-9(8)5-3-1-2-4-6-9;3*1-2-4-6-5-3-1;3*6-5-3-1-2-4-5;6-4-5-2-1-3-7-4;1-3-6-4-2-5-1;6-4-2-1-3-5-4;1-3-6-4-2-5-1;2*1-2-4-5-3-1;5-7(6)3-1-2-4-7;5-4-2-1-3-6-4;1-2-4-5-3-1;1-2-5-3-4-1;1-2-4-5-3-1;2*1-2-5-3-4-1;1-2-3-1/h1-4H,5-6H2;6-7H,1-5H2;5-6H,1-4H2;6H,1-5H2;2*6H,1-5H2;2,4,6H,1,3,5H2;3*1-4H2;1-3H2,(H,5,6);5H,1-4H2;1-3H2,(H,5,6);1-5H;5H,1-4H2;1-2,5H,3-4H2;1-4H2;1-3H2;1-4H2;3H,1-2H2,(H,4,5);4-5H,1-3H2;3H,1-2H2;4H,1-3H2;1-3H2. The molecule has 23 heterocycles. The average Bonchev–Trinajstić information content (AvgIpc) is 1.77. The van der Waals surface area contributed by atoms with E-state index in [4.69, 9.17) is 23.7 Å². The Morgan fingerprint density at radius 3 is 1.14 bits per heavy atom. The topological polar surface area (TPSA) is 453 Å². The molecule has 0 unspecified atom stereocenters. The Kier molecular flexibility index (Phi) is 88.5. The summed E-state index contributed by atoms with van der Waals surface area (Å²) < 4.78 is 84.6. The molecular weight excluding hydrogens is 1940 g/mol. The number of hydrogen-bond acceptors (Lipinski definition) is 35. The molecule has 15 N–H and O–H groups in total. The van der Waals surface area contributed by atoms with Crippen molar-refractivity contribution in [2.75, 3.05) is 239 Å². The zero-order valence-corrected chi connectivity index (χ0v) is 92.2. The SMILES string of the molecule is C1=CCNC1.C1=CNCCC1.C1=CSC=CN1.C1=NCCN1.C1=NCCO1.C1CC1.C1CC2CCC1O2.C1CCNC1.C1CCNCC1.C1CCNCC1.C1CCOC1.C1CN2CCC1NC2.C1CNNC1.C1COCCN1.C1CSCN1.O=C1CCCC1.O=C1CCCC1.O=C1CCCC1.O=C1CCCN1.O=C1CCCO1.O=C1NCCCO1.O=S1(=O)CCCC1.O=S1(=O)CCCCCN1.c1ccc2c(c1)OCCO2. The Morgan fingerprint density at radius 1 is 0.390 bits per heavy atom. The van der Waals surface area contributed by atoms with E-state index in [2.05, 4.69) is 127 Å². The summed E-state index contributed by atoms with van der Waals surface area (Å²) in [6.07, 6.45) is 67.4. The number of nitrogens with zero attached hydrogens (tertiary/aromatic N) is 3. The van der Waals surface area contributed by atoms with Gasteiger partial charge in [0.2, 0.25) is 15.9 Å². The summed E-state index contributed by atoms with van der Waals surface area (Å²) in [5.74, 6) is 6.86. The van der Waals surface area contributed by atoms with Crippen molar-refractivity contribution in [3.8, 4) is 11.5 Å². The Morgan fingerprint density at radius 2 is 0.925 bits per heavy atom. The van der Waals surface area contributed by atoms with E-state index in [0.29, 0.717) is 86.2 Å². The molecule has 40 heteroatoms. The second-order valence-electron chi connectivity index (χ2n) is 37.5. The van der Waals surface area contributed by atoms with Crippen LogP contribution in [0.2, 0.25) is 0 Å². The highest BCUT2D eigenvalue weighted by atomic mass is 32.2. The molecule has 2 amide bonds. The van der Waals surface area contributed by atoms with Gasteiger partial charge in [-0.15, -0.1) is 23.5 Å². The van der Waals surface area contributed by atoms with Crippen LogP contribution in [0.4, 0.5) is 4.79 Å². The fourth-order valence-electron chi connectivity index (χ4n) is 15.5. The van der Waals surface area contributed by atoms with E-state index < -0.39 is 19.9 Å². The molecule has 1 aromatic rings. The molecule has 27 aliphatic rings. The predicted octanol–water partition coefficient (Wildman–Crippen LogP) is 12.0. The highest BCUT2D eigenvalue weighted by molar-refractivity contribution is 8.04. The number of fused-ring (bicyclic) bond motifs is 6. The highest BCUT2D eigenvalue weighted by Crippen LogP contribution is 2.33. The number of benzene rings is 1. The van der Waals surface area contributed by atoms with Crippen LogP contribution >= 0.6 is 23.5 Å². The number of amides is 2. The van der Waals surface area contributed by atoms with Gasteiger partial charge in [0.25, 0.3) is 0 Å². The molecule has 0 atom stereocenters. The van der Waals surface area contributed by atoms with Crippen LogP contribution in [0.3, 0.4) is 0 Å². The molecule has 23 aliphatic heterocycles. The number of cyclic esters (lactones) is 2. The first-order valence-corrected chi connectivity index (χ1v) is 61.2. The molecule has 4 aliphatic carbocycles. The van der Waals surface area contributed by atoms with Crippen LogP contribution in [0, 0.1) is 0 Å². The number of aliphatic imine (C=N–C) groups is 2. The minimum Gasteiger partial charge on any atom is -0.486 e. The van der Waals surface area contributed by atoms with Crippen LogP contribution < -0.4 is 88.8 Å². The number of esters is 1. The Bertz CT molecular complexity index is 3260. The van der Waals surface area contributed by atoms with Crippen LogP contribution in [0.25, 0.3) is 0 Å². The van der Waals surface area contributed by atoms with Crippen LogP contribution in [0.1, 0.15) is 283 Å². The summed E-state index contributed by atoms with van der Waals surface area (Å²) in [6, 6.07) is 8.56. The van der Waals surface area contributed by atoms with E-state index in [1.54, 1.807) is 18.1 Å². The fraction of sp³-hybridized carbons (Fsp3) is 0.792. The van der Waals surface area contributed by atoms with Crippen molar-refractivity contribution in [3.05, 3.63) is 71.9 Å². The Labute approximate surface area is 886 Å². The van der Waals surface area contributed by atoms with Gasteiger partial charge in [-0.1, -0.05) is 68.9 Å². The molecule has 1 aromatic carbocycles. The first kappa shape index (κ1) is 132. The van der Waals surface area contributed by atoms with E-state index in [-0.39, 0.29) is 18.0 Å². The molecule has 36 nitrogen and oxygen atoms in total. The normalized spacial score (nSPS) is 24.5. The number of ether oxygens (including phenoxy) is 8. The number of ketones is 3. The van der Waals surface area contributed by atoms with Crippen molar-refractivity contribution in [1.29, 1.82) is 0 Å². The number of rotatable bonds is 0. The van der Waals surface area contributed by atoms with Gasteiger partial charge in [-0.05, 0) is 261 Å². The zero-order valence-electron chi connectivity index (χ0n) is 88.9. The maximum Gasteiger partial charge on any atom is 0.407 e. The molecule has 21 fully saturated rings. The maximum atomic E-state index is 10.8. The third-order valence-corrected chi connectivity index (χ3v) is 28.9. The average molecular weight is 2140 g/mol. The zero-order chi connectivity index (χ0) is 104. The van der Waals surface area contributed by atoms with Crippen molar-refractivity contribution in [2.24, 2.45) is 9.98 Å². The quantitative estimate of drug-likeness (QED) is 0.0847. The van der Waals surface area contributed by atoms with Crippen molar-refractivity contribution in [2.45, 2.75) is 301 Å². The number of para-hydroxylation sites is 2. The number of hydrazine groups is 1. The van der Waals surface area contributed by atoms with E-state index in [9.17, 15) is 45.6 Å². The number of Topliss-reactive ketones (excluding diaryl/α,β-unsaturated/α-hetero) is 3. The van der Waals surface area contributed by atoms with Gasteiger partial charge >= 0.3 is 12.1 Å². The largest absolute Gasteiger partial charge is 0.486 e. The number of morpholine rings is 1. The lowest BCUT2D eigenvalue weighted by atomic mass is 10.0. The van der Waals surface area contributed by atoms with Crippen LogP contribution in [-0.2, 0) is 72.3 Å². The Hall–Kier alpha value is -6.42. The summed E-state index contributed by atoms with van der Waals surface area (Å²) in [6.45, 7) is 32.4. The molecule has 840 valence electrons. The number of allylic oxidation sites excluding steroid dienone is 1. The number of sulfone groups is 1. The minimum atomic E-state index is -2.87. The van der Waals surface area contributed by atoms with E-state index in [0.717, 1.165) is 271 Å². The van der Waals surface area contributed by atoms with E-state index in [1.807, 2.05) is 65.4 Å². The third kappa shape index (κ3) is 89.2. The lowest BCUT2D eigenvalue weighted by Crippen LogP contribution is -2.54. The van der Waals surface area contributed by atoms with Gasteiger partial charge in [-0.3, -0.25) is 49.7 Å². The number of nitrogens with one attached hydrogen (secondary N) is 15. The van der Waals surface area contributed by atoms with Crippen LogP contribution in [0.5, 0.6) is 11.5 Å².